The maximum absolute atomic E-state index is 13.7. The van der Waals surface area contributed by atoms with Gasteiger partial charge in [-0.15, -0.1) is 0 Å². The van der Waals surface area contributed by atoms with Gasteiger partial charge >= 0.3 is 0 Å². The molecule has 2 aromatic rings. The number of hydrogen-bond donors (Lipinski definition) is 2. The normalized spacial score (nSPS) is 12.5. The summed E-state index contributed by atoms with van der Waals surface area (Å²) in [6.45, 7) is 6.27. The summed E-state index contributed by atoms with van der Waals surface area (Å²) >= 11 is 0. The van der Waals surface area contributed by atoms with E-state index in [0.717, 1.165) is 23.3 Å². The highest BCUT2D eigenvalue weighted by molar-refractivity contribution is 5.97. The molecule has 4 nitrogen and oxygen atoms in total. The Labute approximate surface area is 151 Å². The summed E-state index contributed by atoms with van der Waals surface area (Å²) in [5, 5.41) is 2.41. The van der Waals surface area contributed by atoms with Crippen LogP contribution in [0.2, 0.25) is 0 Å². The summed E-state index contributed by atoms with van der Waals surface area (Å²) < 4.78 is 26.7. The molecular formula is C20H22F2N2O2. The van der Waals surface area contributed by atoms with E-state index in [4.69, 9.17) is 5.73 Å². The number of hydrogen-bond acceptors (Lipinski definition) is 2. The molecule has 0 aromatic heterocycles. The van der Waals surface area contributed by atoms with Crippen LogP contribution in [-0.2, 0) is 16.6 Å². The van der Waals surface area contributed by atoms with Crippen LogP contribution in [0.4, 0.5) is 8.78 Å². The Morgan fingerprint density at radius 2 is 1.69 bits per heavy atom. The monoisotopic (exact) mass is 360 g/mol. The van der Waals surface area contributed by atoms with Gasteiger partial charge in [-0.3, -0.25) is 9.59 Å². The number of rotatable bonds is 5. The molecule has 0 fully saturated rings. The topological polar surface area (TPSA) is 72.2 Å². The van der Waals surface area contributed by atoms with Gasteiger partial charge in [-0.2, -0.15) is 0 Å². The van der Waals surface area contributed by atoms with Crippen LogP contribution in [0.1, 0.15) is 42.3 Å². The van der Waals surface area contributed by atoms with E-state index >= 15 is 0 Å². The van der Waals surface area contributed by atoms with Gasteiger partial charge in [-0.25, -0.2) is 8.78 Å². The van der Waals surface area contributed by atoms with E-state index in [2.05, 4.69) is 26.1 Å². The first kappa shape index (κ1) is 19.6. The van der Waals surface area contributed by atoms with Gasteiger partial charge in [0.25, 0.3) is 5.91 Å². The van der Waals surface area contributed by atoms with Crippen molar-refractivity contribution in [2.45, 2.75) is 38.6 Å². The van der Waals surface area contributed by atoms with E-state index in [0.29, 0.717) is 6.07 Å². The number of primary amides is 1. The Bertz CT molecular complexity index is 812. The third-order valence-electron chi connectivity index (χ3n) is 4.08. The lowest BCUT2D eigenvalue weighted by Crippen LogP contribution is -2.46. The van der Waals surface area contributed by atoms with E-state index in [9.17, 15) is 18.4 Å². The minimum Gasteiger partial charge on any atom is -0.368 e. The van der Waals surface area contributed by atoms with Gasteiger partial charge < -0.3 is 11.1 Å². The predicted octanol–water partition coefficient (Wildman–Crippen LogP) is 3.09. The third kappa shape index (κ3) is 4.88. The molecule has 138 valence electrons. The van der Waals surface area contributed by atoms with E-state index in [1.165, 1.54) is 0 Å². The van der Waals surface area contributed by atoms with Crippen molar-refractivity contribution in [1.82, 2.24) is 5.32 Å². The van der Waals surface area contributed by atoms with Crippen molar-refractivity contribution in [2.24, 2.45) is 5.73 Å². The van der Waals surface area contributed by atoms with Crippen LogP contribution in [0.3, 0.4) is 0 Å². The Morgan fingerprint density at radius 1 is 1.08 bits per heavy atom. The van der Waals surface area contributed by atoms with Gasteiger partial charge in [0, 0.05) is 12.5 Å². The van der Waals surface area contributed by atoms with Crippen LogP contribution in [-0.4, -0.2) is 17.9 Å². The van der Waals surface area contributed by atoms with Crippen LogP contribution < -0.4 is 11.1 Å². The molecule has 0 saturated heterocycles. The average Bonchev–Trinajstić information content (AvgIpc) is 2.53. The molecule has 26 heavy (non-hydrogen) atoms. The summed E-state index contributed by atoms with van der Waals surface area (Å²) in [4.78, 5) is 23.9. The van der Waals surface area contributed by atoms with E-state index in [-0.39, 0.29) is 17.4 Å². The van der Waals surface area contributed by atoms with Crippen molar-refractivity contribution in [2.75, 3.05) is 0 Å². The minimum absolute atomic E-state index is 0.00402. The standard InChI is InChI=1S/C20H22F2N2O2/c1-20(2,3)13-6-4-12(5-7-13)10-17(18(23)25)24-19(26)15-9-8-14(21)11-16(15)22/h4-9,11,17H,10H2,1-3H3,(H2,23,25)(H,24,26)/t17-/m1/s1. The van der Waals surface area contributed by atoms with Gasteiger partial charge in [-0.05, 0) is 28.7 Å². The second kappa shape index (κ2) is 7.64. The zero-order valence-electron chi connectivity index (χ0n) is 15.0. The Kier molecular flexibility index (Phi) is 5.75. The van der Waals surface area contributed by atoms with E-state index in [1.54, 1.807) is 0 Å². The number of benzene rings is 2. The van der Waals surface area contributed by atoms with Crippen LogP contribution >= 0.6 is 0 Å². The molecule has 6 heteroatoms. The number of halogens is 2. The molecule has 0 heterocycles. The summed E-state index contributed by atoms with van der Waals surface area (Å²) in [5.41, 5.74) is 6.95. The molecule has 0 saturated carbocycles. The van der Waals surface area contributed by atoms with Gasteiger partial charge in [0.1, 0.15) is 17.7 Å². The molecule has 0 aliphatic heterocycles. The highest BCUT2D eigenvalue weighted by Crippen LogP contribution is 2.22. The maximum atomic E-state index is 13.7. The van der Waals surface area contributed by atoms with Crippen LogP contribution in [0.5, 0.6) is 0 Å². The molecule has 2 rings (SSSR count). The summed E-state index contributed by atoms with van der Waals surface area (Å²) in [6, 6.07) is 9.23. The second-order valence-electron chi connectivity index (χ2n) is 7.20. The predicted molar refractivity (Wildman–Crippen MR) is 95.7 cm³/mol. The molecule has 0 bridgehead atoms. The molecule has 1 atom stereocenters. The minimum atomic E-state index is -1.01. The fraction of sp³-hybridized carbons (Fsp3) is 0.300. The average molecular weight is 360 g/mol. The first-order valence-electron chi connectivity index (χ1n) is 8.22. The van der Waals surface area contributed by atoms with Crippen molar-refractivity contribution in [1.29, 1.82) is 0 Å². The zero-order chi connectivity index (χ0) is 19.5. The fourth-order valence-electron chi connectivity index (χ4n) is 2.51. The highest BCUT2D eigenvalue weighted by atomic mass is 19.1. The van der Waals surface area contributed by atoms with Crippen molar-refractivity contribution in [3.05, 3.63) is 70.8 Å². The van der Waals surface area contributed by atoms with Crippen LogP contribution in [0.15, 0.2) is 42.5 Å². The van der Waals surface area contributed by atoms with Crippen LogP contribution in [0, 0.1) is 11.6 Å². The number of carbonyl (C=O) groups excluding carboxylic acids is 2. The molecule has 0 aliphatic rings. The van der Waals surface area contributed by atoms with Gasteiger partial charge in [0.15, 0.2) is 0 Å². The largest absolute Gasteiger partial charge is 0.368 e. The Morgan fingerprint density at radius 3 is 2.19 bits per heavy atom. The molecule has 3 N–H and O–H groups in total. The fourth-order valence-corrected chi connectivity index (χ4v) is 2.51. The van der Waals surface area contributed by atoms with Gasteiger partial charge in [-0.1, -0.05) is 45.0 Å². The number of nitrogens with two attached hydrogens (primary N) is 1. The molecular weight excluding hydrogens is 338 g/mol. The van der Waals surface area contributed by atoms with Gasteiger partial charge in [0.05, 0.1) is 5.56 Å². The third-order valence-corrected chi connectivity index (χ3v) is 4.08. The van der Waals surface area contributed by atoms with Crippen molar-refractivity contribution in [3.63, 3.8) is 0 Å². The summed E-state index contributed by atoms with van der Waals surface area (Å²) in [5.74, 6) is -3.34. The number of carbonyl (C=O) groups is 2. The smallest absolute Gasteiger partial charge is 0.254 e. The molecule has 2 aromatic carbocycles. The van der Waals surface area contributed by atoms with Gasteiger partial charge in [0.2, 0.25) is 5.91 Å². The first-order chi connectivity index (χ1) is 12.1. The zero-order valence-corrected chi connectivity index (χ0v) is 15.0. The first-order valence-corrected chi connectivity index (χ1v) is 8.22. The van der Waals surface area contributed by atoms with E-state index in [1.807, 2.05) is 24.3 Å². The molecule has 0 spiro atoms. The molecule has 0 unspecified atom stereocenters. The summed E-state index contributed by atoms with van der Waals surface area (Å²) in [7, 11) is 0. The molecule has 2 amide bonds. The lowest BCUT2D eigenvalue weighted by molar-refractivity contribution is -0.119. The quantitative estimate of drug-likeness (QED) is 0.860. The van der Waals surface area contributed by atoms with Crippen molar-refractivity contribution >= 4 is 11.8 Å². The highest BCUT2D eigenvalue weighted by Gasteiger charge is 2.22. The number of amides is 2. The molecule has 0 radical (unpaired) electrons. The second-order valence-corrected chi connectivity index (χ2v) is 7.20. The van der Waals surface area contributed by atoms with Crippen molar-refractivity contribution < 1.29 is 18.4 Å². The Balaban J connectivity index is 2.14. The SMILES string of the molecule is CC(C)(C)c1ccc(C[C@@H](NC(=O)c2ccc(F)cc2F)C(N)=O)cc1. The van der Waals surface area contributed by atoms with E-state index < -0.39 is 29.5 Å². The maximum Gasteiger partial charge on any atom is 0.254 e. The lowest BCUT2D eigenvalue weighted by atomic mass is 9.86. The summed E-state index contributed by atoms with van der Waals surface area (Å²) in [6.07, 6.45) is 0.175. The Hall–Kier alpha value is -2.76. The molecule has 0 aliphatic carbocycles. The lowest BCUT2D eigenvalue weighted by Gasteiger charge is -2.20. The van der Waals surface area contributed by atoms with Crippen LogP contribution in [0.25, 0.3) is 0 Å². The number of nitrogens with one attached hydrogen (secondary N) is 1. The van der Waals surface area contributed by atoms with Crippen molar-refractivity contribution in [3.8, 4) is 0 Å².